The van der Waals surface area contributed by atoms with Crippen molar-refractivity contribution in [3.05, 3.63) is 65.6 Å². The Labute approximate surface area is 123 Å². The lowest BCUT2D eigenvalue weighted by atomic mass is 10.1. The second kappa shape index (κ2) is 5.59. The number of hydrogen-bond acceptors (Lipinski definition) is 4. The smallest absolute Gasteiger partial charge is 0.103 e. The van der Waals surface area contributed by atoms with E-state index in [1.165, 1.54) is 0 Å². The minimum absolute atomic E-state index is 0.544. The summed E-state index contributed by atoms with van der Waals surface area (Å²) in [4.78, 5) is 8.67. The molecule has 0 saturated heterocycles. The number of nitrogens with one attached hydrogen (secondary N) is 1. The van der Waals surface area contributed by atoms with Crippen LogP contribution in [0, 0.1) is 18.3 Å². The second-order valence-corrected chi connectivity index (χ2v) is 4.80. The predicted molar refractivity (Wildman–Crippen MR) is 82.8 cm³/mol. The molecule has 0 aliphatic heterocycles. The van der Waals surface area contributed by atoms with Crippen molar-refractivity contribution >= 4 is 16.6 Å². The van der Waals surface area contributed by atoms with Crippen LogP contribution in [-0.4, -0.2) is 9.97 Å². The molecule has 0 fully saturated rings. The fraction of sp³-hybridized carbons (Fsp3) is 0.118. The number of rotatable bonds is 3. The molecular weight excluding hydrogens is 260 g/mol. The Morgan fingerprint density at radius 2 is 2.00 bits per heavy atom. The van der Waals surface area contributed by atoms with E-state index in [4.69, 9.17) is 0 Å². The summed E-state index contributed by atoms with van der Waals surface area (Å²) in [5.41, 5.74) is 4.33. The van der Waals surface area contributed by atoms with E-state index in [9.17, 15) is 5.26 Å². The van der Waals surface area contributed by atoms with Crippen LogP contribution in [0.5, 0.6) is 0 Å². The molecule has 0 bridgehead atoms. The van der Waals surface area contributed by atoms with Gasteiger partial charge in [-0.1, -0.05) is 24.3 Å². The van der Waals surface area contributed by atoms with Gasteiger partial charge in [0.15, 0.2) is 0 Å². The summed E-state index contributed by atoms with van der Waals surface area (Å²) in [5.74, 6) is 0. The Morgan fingerprint density at radius 1 is 1.14 bits per heavy atom. The van der Waals surface area contributed by atoms with E-state index in [2.05, 4.69) is 21.4 Å². The molecule has 0 amide bonds. The van der Waals surface area contributed by atoms with Crippen LogP contribution < -0.4 is 5.32 Å². The molecular formula is C17H14N4. The lowest BCUT2D eigenvalue weighted by Crippen LogP contribution is -2.05. The van der Waals surface area contributed by atoms with Gasteiger partial charge in [0.1, 0.15) is 6.07 Å². The molecule has 1 N–H and O–H groups in total. The molecule has 21 heavy (non-hydrogen) atoms. The predicted octanol–water partition coefficient (Wildman–Crippen LogP) is 3.42. The summed E-state index contributed by atoms with van der Waals surface area (Å²) in [6, 6.07) is 13.9. The molecule has 0 atom stereocenters. The largest absolute Gasteiger partial charge is 0.378 e. The molecule has 1 aromatic carbocycles. The lowest BCUT2D eigenvalue weighted by molar-refractivity contribution is 1.02. The number of nitriles is 1. The van der Waals surface area contributed by atoms with E-state index in [1.54, 1.807) is 12.4 Å². The summed E-state index contributed by atoms with van der Waals surface area (Å²) in [7, 11) is 0. The molecule has 0 aliphatic rings. The van der Waals surface area contributed by atoms with E-state index in [-0.39, 0.29) is 0 Å². The molecule has 0 unspecified atom stereocenters. The minimum atomic E-state index is 0.544. The van der Waals surface area contributed by atoms with Crippen molar-refractivity contribution in [2.24, 2.45) is 0 Å². The van der Waals surface area contributed by atoms with Gasteiger partial charge in [0.2, 0.25) is 0 Å². The SMILES string of the molecule is Cc1cccnc1CNc1c(C#N)cnc2ccccc12. The number of aryl methyl sites for hydroxylation is 1. The van der Waals surface area contributed by atoms with Gasteiger partial charge in [0.05, 0.1) is 29.0 Å². The maximum absolute atomic E-state index is 9.28. The zero-order valence-electron chi connectivity index (χ0n) is 11.7. The number of hydrogen-bond donors (Lipinski definition) is 1. The Kier molecular flexibility index (Phi) is 3.48. The standard InChI is InChI=1S/C17H14N4/c1-12-5-4-8-19-16(12)11-21-17-13(9-18)10-20-15-7-3-2-6-14(15)17/h2-8,10H,11H2,1H3,(H,20,21). The van der Waals surface area contributed by atoms with Crippen molar-refractivity contribution in [2.45, 2.75) is 13.5 Å². The van der Waals surface area contributed by atoms with Gasteiger partial charge in [-0.15, -0.1) is 0 Å². The van der Waals surface area contributed by atoms with Gasteiger partial charge in [-0.3, -0.25) is 9.97 Å². The number of nitrogens with zero attached hydrogens (tertiary/aromatic N) is 3. The third kappa shape index (κ3) is 2.54. The monoisotopic (exact) mass is 274 g/mol. The van der Waals surface area contributed by atoms with E-state index in [1.807, 2.05) is 43.3 Å². The highest BCUT2D eigenvalue weighted by Gasteiger charge is 2.09. The lowest BCUT2D eigenvalue weighted by Gasteiger charge is -2.12. The van der Waals surface area contributed by atoms with Gasteiger partial charge in [-0.2, -0.15) is 5.26 Å². The molecule has 4 nitrogen and oxygen atoms in total. The number of fused-ring (bicyclic) bond motifs is 1. The van der Waals surface area contributed by atoms with Crippen molar-refractivity contribution in [3.8, 4) is 6.07 Å². The van der Waals surface area contributed by atoms with Crippen LogP contribution in [0.3, 0.4) is 0 Å². The Morgan fingerprint density at radius 3 is 2.81 bits per heavy atom. The summed E-state index contributed by atoms with van der Waals surface area (Å²) in [6.07, 6.45) is 3.38. The number of aromatic nitrogens is 2. The van der Waals surface area contributed by atoms with Crippen molar-refractivity contribution in [2.75, 3.05) is 5.32 Å². The van der Waals surface area contributed by atoms with Gasteiger partial charge < -0.3 is 5.32 Å². The highest BCUT2D eigenvalue weighted by molar-refractivity contribution is 5.93. The second-order valence-electron chi connectivity index (χ2n) is 4.80. The normalized spacial score (nSPS) is 10.3. The van der Waals surface area contributed by atoms with Gasteiger partial charge >= 0.3 is 0 Å². The Hall–Kier alpha value is -2.93. The molecule has 2 heterocycles. The maximum atomic E-state index is 9.28. The van der Waals surface area contributed by atoms with E-state index in [0.717, 1.165) is 27.8 Å². The molecule has 4 heteroatoms. The molecule has 3 rings (SSSR count). The quantitative estimate of drug-likeness (QED) is 0.795. The third-order valence-electron chi connectivity index (χ3n) is 3.45. The summed E-state index contributed by atoms with van der Waals surface area (Å²) >= 11 is 0. The van der Waals surface area contributed by atoms with Crippen molar-refractivity contribution in [1.82, 2.24) is 9.97 Å². The molecule has 0 saturated carbocycles. The van der Waals surface area contributed by atoms with Gasteiger partial charge in [0, 0.05) is 17.8 Å². The van der Waals surface area contributed by atoms with Crippen molar-refractivity contribution in [3.63, 3.8) is 0 Å². The van der Waals surface area contributed by atoms with Crippen LogP contribution in [0.4, 0.5) is 5.69 Å². The minimum Gasteiger partial charge on any atom is -0.378 e. The average molecular weight is 274 g/mol. The molecule has 2 aromatic heterocycles. The molecule has 3 aromatic rings. The first-order valence-corrected chi connectivity index (χ1v) is 6.72. The molecule has 0 radical (unpaired) electrons. The van der Waals surface area contributed by atoms with Crippen molar-refractivity contribution in [1.29, 1.82) is 5.26 Å². The van der Waals surface area contributed by atoms with E-state index in [0.29, 0.717) is 12.1 Å². The van der Waals surface area contributed by atoms with Crippen LogP contribution in [0.2, 0.25) is 0 Å². The first kappa shape index (κ1) is 13.1. The number of benzene rings is 1. The zero-order chi connectivity index (χ0) is 14.7. The van der Waals surface area contributed by atoms with Crippen LogP contribution in [0.1, 0.15) is 16.8 Å². The van der Waals surface area contributed by atoms with Crippen LogP contribution >= 0.6 is 0 Å². The number of para-hydroxylation sites is 1. The maximum Gasteiger partial charge on any atom is 0.103 e. The summed E-state index contributed by atoms with van der Waals surface area (Å²) in [6.45, 7) is 2.61. The Bertz CT molecular complexity index is 834. The first-order chi connectivity index (χ1) is 10.3. The third-order valence-corrected chi connectivity index (χ3v) is 3.45. The summed E-state index contributed by atoms with van der Waals surface area (Å²) in [5, 5.41) is 13.6. The fourth-order valence-corrected chi connectivity index (χ4v) is 2.29. The van der Waals surface area contributed by atoms with E-state index >= 15 is 0 Å². The molecule has 102 valence electrons. The fourth-order valence-electron chi connectivity index (χ4n) is 2.29. The summed E-state index contributed by atoms with van der Waals surface area (Å²) < 4.78 is 0. The number of pyridine rings is 2. The van der Waals surface area contributed by atoms with Crippen LogP contribution in [-0.2, 0) is 6.54 Å². The molecule has 0 spiro atoms. The van der Waals surface area contributed by atoms with E-state index < -0.39 is 0 Å². The van der Waals surface area contributed by atoms with Crippen LogP contribution in [0.15, 0.2) is 48.8 Å². The van der Waals surface area contributed by atoms with Gasteiger partial charge in [0.25, 0.3) is 0 Å². The highest BCUT2D eigenvalue weighted by Crippen LogP contribution is 2.25. The average Bonchev–Trinajstić information content (AvgIpc) is 2.53. The number of anilines is 1. The van der Waals surface area contributed by atoms with Gasteiger partial charge in [-0.25, -0.2) is 0 Å². The van der Waals surface area contributed by atoms with Gasteiger partial charge in [-0.05, 0) is 24.6 Å². The highest BCUT2D eigenvalue weighted by atomic mass is 14.9. The first-order valence-electron chi connectivity index (χ1n) is 6.72. The van der Waals surface area contributed by atoms with Crippen LogP contribution in [0.25, 0.3) is 10.9 Å². The Balaban J connectivity index is 2.00. The van der Waals surface area contributed by atoms with Crippen molar-refractivity contribution < 1.29 is 0 Å². The topological polar surface area (TPSA) is 61.6 Å². The molecule has 0 aliphatic carbocycles. The zero-order valence-corrected chi connectivity index (χ0v) is 11.7.